The van der Waals surface area contributed by atoms with Crippen LogP contribution in [0.4, 0.5) is 0 Å². The molecular formula is C10H20N2S. The molecule has 1 N–H and O–H groups in total. The summed E-state index contributed by atoms with van der Waals surface area (Å²) in [5.74, 6) is 2.62. The molecule has 0 aromatic carbocycles. The van der Waals surface area contributed by atoms with E-state index >= 15 is 0 Å². The fourth-order valence-electron chi connectivity index (χ4n) is 1.39. The molecule has 0 radical (unpaired) electrons. The van der Waals surface area contributed by atoms with Gasteiger partial charge in [0.05, 0.1) is 0 Å². The van der Waals surface area contributed by atoms with E-state index < -0.39 is 0 Å². The fraction of sp³-hybridized carbons (Fsp3) is 0.800. The average Bonchev–Trinajstić information content (AvgIpc) is 2.19. The minimum absolute atomic E-state index is 1.08. The molecule has 3 heteroatoms. The van der Waals surface area contributed by atoms with Crippen molar-refractivity contribution >= 4 is 11.8 Å². The molecule has 2 nitrogen and oxygen atoms in total. The van der Waals surface area contributed by atoms with Crippen molar-refractivity contribution < 1.29 is 0 Å². The van der Waals surface area contributed by atoms with Crippen molar-refractivity contribution in [1.82, 2.24) is 10.2 Å². The Hall–Kier alpha value is 0.0100. The van der Waals surface area contributed by atoms with Gasteiger partial charge in [0.25, 0.3) is 0 Å². The molecule has 0 saturated carbocycles. The first-order valence-corrected chi connectivity index (χ1v) is 6.20. The fourth-order valence-corrected chi connectivity index (χ4v) is 2.37. The van der Waals surface area contributed by atoms with Crippen molar-refractivity contribution in [2.24, 2.45) is 0 Å². The highest BCUT2D eigenvalue weighted by Gasteiger charge is 2.08. The van der Waals surface area contributed by atoms with Crippen molar-refractivity contribution in [1.29, 1.82) is 0 Å². The number of hydrogen-bond acceptors (Lipinski definition) is 3. The molecule has 13 heavy (non-hydrogen) atoms. The highest BCUT2D eigenvalue weighted by atomic mass is 32.2. The van der Waals surface area contributed by atoms with E-state index in [1.54, 1.807) is 0 Å². The summed E-state index contributed by atoms with van der Waals surface area (Å²) in [5.41, 5.74) is 0. The second-order valence-electron chi connectivity index (χ2n) is 3.28. The number of nitrogens with zero attached hydrogens (tertiary/aromatic N) is 1. The van der Waals surface area contributed by atoms with E-state index in [1.807, 2.05) is 6.08 Å². The average molecular weight is 200 g/mol. The van der Waals surface area contributed by atoms with E-state index in [9.17, 15) is 0 Å². The molecule has 1 aliphatic heterocycles. The van der Waals surface area contributed by atoms with Gasteiger partial charge in [-0.2, -0.15) is 11.8 Å². The van der Waals surface area contributed by atoms with Crippen LogP contribution in [-0.2, 0) is 0 Å². The van der Waals surface area contributed by atoms with Gasteiger partial charge in [-0.15, -0.1) is 6.58 Å². The molecule has 0 aromatic rings. The Kier molecular flexibility index (Phi) is 6.33. The van der Waals surface area contributed by atoms with Gasteiger partial charge in [-0.1, -0.05) is 6.08 Å². The third kappa shape index (κ3) is 5.34. The lowest BCUT2D eigenvalue weighted by atomic mass is 10.4. The Balaban J connectivity index is 1.89. The van der Waals surface area contributed by atoms with Crippen LogP contribution in [0.2, 0.25) is 0 Å². The summed E-state index contributed by atoms with van der Waals surface area (Å²) in [4.78, 5) is 2.54. The zero-order valence-electron chi connectivity index (χ0n) is 8.30. The third-order valence-corrected chi connectivity index (χ3v) is 3.18. The van der Waals surface area contributed by atoms with Crippen LogP contribution in [0.25, 0.3) is 0 Å². The van der Waals surface area contributed by atoms with E-state index in [-0.39, 0.29) is 0 Å². The minimum Gasteiger partial charge on any atom is -0.315 e. The molecule has 0 bridgehead atoms. The topological polar surface area (TPSA) is 15.3 Å². The summed E-state index contributed by atoms with van der Waals surface area (Å²) in [5, 5.41) is 3.41. The second-order valence-corrected chi connectivity index (χ2v) is 4.51. The SMILES string of the molecule is C=CCCNCCN1CCSCC1. The Bertz CT molecular complexity index is 133. The van der Waals surface area contributed by atoms with Crippen LogP contribution in [0.5, 0.6) is 0 Å². The molecule has 0 aliphatic carbocycles. The maximum absolute atomic E-state index is 3.69. The first-order chi connectivity index (χ1) is 6.43. The van der Waals surface area contributed by atoms with Gasteiger partial charge in [0.1, 0.15) is 0 Å². The Labute approximate surface area is 85.8 Å². The van der Waals surface area contributed by atoms with Crippen LogP contribution in [0.15, 0.2) is 12.7 Å². The number of nitrogens with one attached hydrogen (secondary N) is 1. The van der Waals surface area contributed by atoms with Gasteiger partial charge in [0.2, 0.25) is 0 Å². The molecule has 1 heterocycles. The molecule has 0 unspecified atom stereocenters. The van der Waals surface area contributed by atoms with Gasteiger partial charge < -0.3 is 10.2 Å². The first kappa shape index (κ1) is 11.1. The largest absolute Gasteiger partial charge is 0.315 e. The Morgan fingerprint density at radius 3 is 2.77 bits per heavy atom. The number of rotatable bonds is 6. The standard InChI is InChI=1S/C10H20N2S/c1-2-3-4-11-5-6-12-7-9-13-10-8-12/h2,11H,1,3-10H2. The van der Waals surface area contributed by atoms with Crippen LogP contribution in [0.3, 0.4) is 0 Å². The molecule has 0 atom stereocenters. The van der Waals surface area contributed by atoms with Crippen LogP contribution in [-0.4, -0.2) is 49.1 Å². The van der Waals surface area contributed by atoms with E-state index in [2.05, 4.69) is 28.6 Å². The van der Waals surface area contributed by atoms with Crippen LogP contribution < -0.4 is 5.32 Å². The van der Waals surface area contributed by atoms with Gasteiger partial charge in [-0.3, -0.25) is 0 Å². The lowest BCUT2D eigenvalue weighted by molar-refractivity contribution is 0.302. The summed E-state index contributed by atoms with van der Waals surface area (Å²) in [7, 11) is 0. The van der Waals surface area contributed by atoms with Crippen LogP contribution in [0, 0.1) is 0 Å². The van der Waals surface area contributed by atoms with Crippen molar-refractivity contribution in [3.8, 4) is 0 Å². The van der Waals surface area contributed by atoms with Gasteiger partial charge in [0, 0.05) is 37.7 Å². The third-order valence-electron chi connectivity index (χ3n) is 2.23. The van der Waals surface area contributed by atoms with Crippen molar-refractivity contribution in [2.75, 3.05) is 44.2 Å². The molecule has 1 aliphatic rings. The minimum atomic E-state index is 1.08. The normalized spacial score (nSPS) is 18.8. The monoisotopic (exact) mass is 200 g/mol. The molecule has 1 saturated heterocycles. The second kappa shape index (κ2) is 7.42. The molecule has 0 amide bonds. The molecule has 0 aromatic heterocycles. The van der Waals surface area contributed by atoms with Crippen molar-refractivity contribution in [2.45, 2.75) is 6.42 Å². The summed E-state index contributed by atoms with van der Waals surface area (Å²) in [6.45, 7) is 9.64. The van der Waals surface area contributed by atoms with Crippen molar-refractivity contribution in [3.05, 3.63) is 12.7 Å². The Morgan fingerprint density at radius 1 is 1.31 bits per heavy atom. The van der Waals surface area contributed by atoms with E-state index in [4.69, 9.17) is 0 Å². The highest BCUT2D eigenvalue weighted by Crippen LogP contribution is 2.07. The van der Waals surface area contributed by atoms with Crippen LogP contribution in [0.1, 0.15) is 6.42 Å². The lowest BCUT2D eigenvalue weighted by Gasteiger charge is -2.25. The van der Waals surface area contributed by atoms with Gasteiger partial charge >= 0.3 is 0 Å². The molecule has 76 valence electrons. The summed E-state index contributed by atoms with van der Waals surface area (Å²) < 4.78 is 0. The molecular weight excluding hydrogens is 180 g/mol. The molecule has 0 spiro atoms. The molecule has 1 rings (SSSR count). The maximum Gasteiger partial charge on any atom is 0.0107 e. The number of hydrogen-bond donors (Lipinski definition) is 1. The first-order valence-electron chi connectivity index (χ1n) is 5.05. The summed E-state index contributed by atoms with van der Waals surface area (Å²) in [6, 6.07) is 0. The smallest absolute Gasteiger partial charge is 0.0107 e. The number of thioether (sulfide) groups is 1. The van der Waals surface area contributed by atoms with Gasteiger partial charge in [0.15, 0.2) is 0 Å². The Morgan fingerprint density at radius 2 is 2.08 bits per heavy atom. The van der Waals surface area contributed by atoms with Crippen LogP contribution >= 0.6 is 11.8 Å². The highest BCUT2D eigenvalue weighted by molar-refractivity contribution is 7.99. The van der Waals surface area contributed by atoms with Crippen molar-refractivity contribution in [3.63, 3.8) is 0 Å². The maximum atomic E-state index is 3.69. The van der Waals surface area contributed by atoms with Gasteiger partial charge in [-0.25, -0.2) is 0 Å². The zero-order chi connectivity index (χ0) is 9.36. The summed E-state index contributed by atoms with van der Waals surface area (Å²) >= 11 is 2.07. The van der Waals surface area contributed by atoms with E-state index in [0.717, 1.165) is 19.5 Å². The predicted molar refractivity (Wildman–Crippen MR) is 61.4 cm³/mol. The van der Waals surface area contributed by atoms with Gasteiger partial charge in [-0.05, 0) is 13.0 Å². The predicted octanol–water partition coefficient (Wildman–Crippen LogP) is 1.20. The lowest BCUT2D eigenvalue weighted by Crippen LogP contribution is -2.37. The summed E-state index contributed by atoms with van der Waals surface area (Å²) in [6.07, 6.45) is 3.04. The van der Waals surface area contributed by atoms with E-state index in [1.165, 1.54) is 31.1 Å². The van der Waals surface area contributed by atoms with E-state index in [0.29, 0.717) is 0 Å². The molecule has 1 fully saturated rings. The zero-order valence-corrected chi connectivity index (χ0v) is 9.11. The quantitative estimate of drug-likeness (QED) is 0.512.